The van der Waals surface area contributed by atoms with Crippen LogP contribution in [0.3, 0.4) is 0 Å². The minimum absolute atomic E-state index is 0.321. The molecule has 0 bridgehead atoms. The lowest BCUT2D eigenvalue weighted by Crippen LogP contribution is -2.00. The normalized spacial score (nSPS) is 20.4. The van der Waals surface area contributed by atoms with Crippen LogP contribution in [0.1, 0.15) is 47.3 Å². The van der Waals surface area contributed by atoms with Gasteiger partial charge in [-0.05, 0) is 66.3 Å². The van der Waals surface area contributed by atoms with E-state index in [9.17, 15) is 5.11 Å². The van der Waals surface area contributed by atoms with Crippen molar-refractivity contribution >= 4 is 22.9 Å². The molecule has 2 aromatic heterocycles. The van der Waals surface area contributed by atoms with Gasteiger partial charge >= 0.3 is 0 Å². The lowest BCUT2D eigenvalue weighted by molar-refractivity contribution is 0.170. The quantitative estimate of drug-likeness (QED) is 0.588. The molecule has 122 valence electrons. The zero-order valence-corrected chi connectivity index (χ0v) is 14.7. The van der Waals surface area contributed by atoms with Crippen molar-refractivity contribution in [2.75, 3.05) is 0 Å². The smallest absolute Gasteiger partial charge is 0.0885 e. The van der Waals surface area contributed by atoms with Gasteiger partial charge in [0.05, 0.1) is 6.10 Å². The van der Waals surface area contributed by atoms with Gasteiger partial charge in [-0.25, -0.2) is 0 Å². The number of aliphatic hydroxyl groups is 1. The molecular weight excluding hydrogens is 338 g/mol. The van der Waals surface area contributed by atoms with Crippen LogP contribution in [-0.4, -0.2) is 10.1 Å². The molecule has 1 aromatic carbocycles. The van der Waals surface area contributed by atoms with Gasteiger partial charge in [0.1, 0.15) is 0 Å². The summed E-state index contributed by atoms with van der Waals surface area (Å²) < 4.78 is 0. The second-order valence-corrected chi connectivity index (χ2v) is 7.74. The molecule has 2 atom stereocenters. The van der Waals surface area contributed by atoms with E-state index in [0.717, 1.165) is 34.7 Å². The van der Waals surface area contributed by atoms with Gasteiger partial charge in [0.2, 0.25) is 0 Å². The van der Waals surface area contributed by atoms with Crippen LogP contribution in [0, 0.1) is 0 Å². The van der Waals surface area contributed by atoms with Crippen molar-refractivity contribution < 1.29 is 5.11 Å². The fourth-order valence-corrected chi connectivity index (χ4v) is 4.83. The molecule has 24 heavy (non-hydrogen) atoms. The summed E-state index contributed by atoms with van der Waals surface area (Å²) in [6, 6.07) is 14.4. The molecule has 0 saturated heterocycles. The minimum Gasteiger partial charge on any atom is -0.388 e. The molecule has 3 aromatic rings. The molecule has 1 aliphatic rings. The summed E-state index contributed by atoms with van der Waals surface area (Å²) in [5.74, 6) is 0.321. The minimum atomic E-state index is -0.363. The summed E-state index contributed by atoms with van der Waals surface area (Å²) in [5.41, 5.74) is 3.69. The van der Waals surface area contributed by atoms with E-state index < -0.39 is 0 Å². The largest absolute Gasteiger partial charge is 0.388 e. The van der Waals surface area contributed by atoms with Crippen LogP contribution in [0.15, 0.2) is 54.9 Å². The van der Waals surface area contributed by atoms with E-state index >= 15 is 0 Å². The van der Waals surface area contributed by atoms with Crippen molar-refractivity contribution in [3.63, 3.8) is 0 Å². The first-order chi connectivity index (χ1) is 11.7. The van der Waals surface area contributed by atoms with E-state index in [0.29, 0.717) is 5.92 Å². The third-order valence-electron chi connectivity index (χ3n) is 4.68. The first-order valence-corrected chi connectivity index (χ1v) is 9.39. The number of rotatable bonds is 2. The Morgan fingerprint density at radius 2 is 1.79 bits per heavy atom. The van der Waals surface area contributed by atoms with Gasteiger partial charge in [0, 0.05) is 33.1 Å². The van der Waals surface area contributed by atoms with Crippen LogP contribution >= 0.6 is 22.9 Å². The molecule has 4 rings (SSSR count). The van der Waals surface area contributed by atoms with E-state index in [1.807, 2.05) is 36.7 Å². The molecule has 2 unspecified atom stereocenters. The summed E-state index contributed by atoms with van der Waals surface area (Å²) in [5, 5.41) is 11.3. The van der Waals surface area contributed by atoms with Crippen molar-refractivity contribution in [2.24, 2.45) is 0 Å². The second-order valence-electron chi connectivity index (χ2n) is 6.22. The Hall–Kier alpha value is -1.68. The number of pyridine rings is 1. The second kappa shape index (κ2) is 6.67. The fraction of sp³-hybridized carbons (Fsp3) is 0.250. The maximum Gasteiger partial charge on any atom is 0.0885 e. The molecule has 0 amide bonds. The zero-order chi connectivity index (χ0) is 16.5. The van der Waals surface area contributed by atoms with Gasteiger partial charge < -0.3 is 5.11 Å². The maximum atomic E-state index is 10.6. The molecule has 0 aliphatic heterocycles. The van der Waals surface area contributed by atoms with Crippen molar-refractivity contribution in [3.8, 4) is 10.4 Å². The van der Waals surface area contributed by atoms with Gasteiger partial charge in [-0.15, -0.1) is 11.3 Å². The Balaban J connectivity index is 1.80. The number of benzene rings is 1. The van der Waals surface area contributed by atoms with E-state index in [-0.39, 0.29) is 6.10 Å². The molecule has 1 aliphatic carbocycles. The number of fused-ring (bicyclic) bond motifs is 1. The molecule has 0 spiro atoms. The Morgan fingerprint density at radius 1 is 1.04 bits per heavy atom. The lowest BCUT2D eigenvalue weighted by atomic mass is 9.89. The highest BCUT2D eigenvalue weighted by atomic mass is 35.5. The van der Waals surface area contributed by atoms with Crippen molar-refractivity contribution in [1.29, 1.82) is 0 Å². The van der Waals surface area contributed by atoms with Gasteiger partial charge in [-0.1, -0.05) is 23.7 Å². The molecule has 2 nitrogen and oxygen atoms in total. The number of hydrogen-bond acceptors (Lipinski definition) is 3. The number of hydrogen-bond donors (Lipinski definition) is 1. The van der Waals surface area contributed by atoms with Crippen molar-refractivity contribution in [2.45, 2.75) is 31.3 Å². The molecule has 2 heterocycles. The molecule has 0 fully saturated rings. The summed E-state index contributed by atoms with van der Waals surface area (Å²) in [7, 11) is 0. The monoisotopic (exact) mass is 355 g/mol. The SMILES string of the molecule is OC1CCCC(c2ccc(Cl)cc2)c2cc(-c3ccncc3)sc21. The Kier molecular flexibility index (Phi) is 4.40. The highest BCUT2D eigenvalue weighted by Crippen LogP contribution is 2.46. The predicted molar refractivity (Wildman–Crippen MR) is 99.7 cm³/mol. The topological polar surface area (TPSA) is 33.1 Å². The molecule has 0 saturated carbocycles. The first-order valence-electron chi connectivity index (χ1n) is 8.20. The van der Waals surface area contributed by atoms with Gasteiger partial charge in [-0.2, -0.15) is 0 Å². The number of halogens is 1. The predicted octanol–water partition coefficient (Wildman–Crippen LogP) is 5.81. The van der Waals surface area contributed by atoms with E-state index in [4.69, 9.17) is 11.6 Å². The Labute approximate surface area is 150 Å². The third-order valence-corrected chi connectivity index (χ3v) is 6.23. The fourth-order valence-electron chi connectivity index (χ4n) is 3.45. The molecule has 0 radical (unpaired) electrons. The highest BCUT2D eigenvalue weighted by Gasteiger charge is 2.27. The van der Waals surface area contributed by atoms with E-state index in [2.05, 4.69) is 23.2 Å². The van der Waals surface area contributed by atoms with E-state index in [1.165, 1.54) is 16.0 Å². The number of aromatic nitrogens is 1. The van der Waals surface area contributed by atoms with Gasteiger partial charge in [0.25, 0.3) is 0 Å². The third kappa shape index (κ3) is 3.00. The summed E-state index contributed by atoms with van der Waals surface area (Å²) >= 11 is 7.75. The van der Waals surface area contributed by atoms with Crippen LogP contribution in [0.2, 0.25) is 5.02 Å². The highest BCUT2D eigenvalue weighted by molar-refractivity contribution is 7.15. The molecular formula is C20H18ClNOS. The van der Waals surface area contributed by atoms with Crippen LogP contribution < -0.4 is 0 Å². The van der Waals surface area contributed by atoms with Gasteiger partial charge in [-0.3, -0.25) is 4.98 Å². The first kappa shape index (κ1) is 15.8. The standard InChI is InChI=1S/C20H18ClNOS/c21-15-6-4-13(5-7-15)16-2-1-3-18(23)20-17(16)12-19(24-20)14-8-10-22-11-9-14/h4-12,16,18,23H,1-3H2. The van der Waals surface area contributed by atoms with Crippen molar-refractivity contribution in [1.82, 2.24) is 4.98 Å². The summed E-state index contributed by atoms with van der Waals surface area (Å²) in [4.78, 5) is 6.40. The lowest BCUT2D eigenvalue weighted by Gasteiger charge is -2.16. The van der Waals surface area contributed by atoms with E-state index in [1.54, 1.807) is 11.3 Å². The number of thiophene rings is 1. The average Bonchev–Trinajstić information content (AvgIpc) is 2.99. The van der Waals surface area contributed by atoms with Crippen molar-refractivity contribution in [3.05, 3.63) is 75.9 Å². The summed E-state index contributed by atoms with van der Waals surface area (Å²) in [6.45, 7) is 0. The average molecular weight is 356 g/mol. The maximum absolute atomic E-state index is 10.6. The number of aliphatic hydroxyl groups excluding tert-OH is 1. The van der Waals surface area contributed by atoms with Crippen LogP contribution in [0.25, 0.3) is 10.4 Å². The van der Waals surface area contributed by atoms with Crippen LogP contribution in [0.5, 0.6) is 0 Å². The molecule has 4 heteroatoms. The Morgan fingerprint density at radius 3 is 2.54 bits per heavy atom. The summed E-state index contributed by atoms with van der Waals surface area (Å²) in [6.07, 6.45) is 6.17. The van der Waals surface area contributed by atoms with Crippen LogP contribution in [0.4, 0.5) is 0 Å². The Bertz CT molecular complexity index is 829. The van der Waals surface area contributed by atoms with Gasteiger partial charge in [0.15, 0.2) is 0 Å². The molecule has 1 N–H and O–H groups in total. The zero-order valence-electron chi connectivity index (χ0n) is 13.2. The van der Waals surface area contributed by atoms with Crippen LogP contribution in [-0.2, 0) is 0 Å². The number of nitrogens with zero attached hydrogens (tertiary/aromatic N) is 1.